The van der Waals surface area contributed by atoms with Gasteiger partial charge in [0.05, 0.1) is 17.3 Å². The Morgan fingerprint density at radius 2 is 1.58 bits per heavy atom. The predicted octanol–water partition coefficient (Wildman–Crippen LogP) is 5.03. The van der Waals surface area contributed by atoms with Gasteiger partial charge in [-0.1, -0.05) is 37.0 Å². The summed E-state index contributed by atoms with van der Waals surface area (Å²) in [6.07, 6.45) is 0.478. The normalized spacial score (nSPS) is 10.5. The molecule has 0 spiro atoms. The molecule has 0 unspecified atom stereocenters. The summed E-state index contributed by atoms with van der Waals surface area (Å²) >= 11 is 11.9. The van der Waals surface area contributed by atoms with Crippen LogP contribution in [-0.4, -0.2) is 18.4 Å². The van der Waals surface area contributed by atoms with Crippen molar-refractivity contribution in [2.45, 2.75) is 20.3 Å². The van der Waals surface area contributed by atoms with Crippen molar-refractivity contribution in [2.24, 2.45) is 5.92 Å². The Morgan fingerprint density at radius 3 is 2.23 bits per heavy atom. The van der Waals surface area contributed by atoms with Crippen LogP contribution < -0.4 is 16.0 Å². The maximum absolute atomic E-state index is 12.0. The minimum Gasteiger partial charge on any atom is -0.376 e. The molecule has 0 saturated heterocycles. The van der Waals surface area contributed by atoms with Gasteiger partial charge in [-0.05, 0) is 48.4 Å². The van der Waals surface area contributed by atoms with Crippen LogP contribution in [0.25, 0.3) is 0 Å². The van der Waals surface area contributed by atoms with Crippen LogP contribution in [0.1, 0.15) is 20.3 Å². The third kappa shape index (κ3) is 6.58. The highest BCUT2D eigenvalue weighted by Gasteiger charge is 2.08. The van der Waals surface area contributed by atoms with E-state index in [1.165, 1.54) is 0 Å². The molecule has 0 aliphatic heterocycles. The van der Waals surface area contributed by atoms with Crippen molar-refractivity contribution in [3.05, 3.63) is 52.5 Å². The van der Waals surface area contributed by atoms with E-state index in [1.54, 1.807) is 42.5 Å². The van der Waals surface area contributed by atoms with Crippen LogP contribution in [0, 0.1) is 5.92 Å². The summed E-state index contributed by atoms with van der Waals surface area (Å²) in [6.45, 7) is 4.06. The second-order valence-corrected chi connectivity index (χ2v) is 7.09. The number of benzene rings is 2. The number of anilines is 3. The Morgan fingerprint density at radius 1 is 0.923 bits per heavy atom. The van der Waals surface area contributed by atoms with Gasteiger partial charge in [0.15, 0.2) is 0 Å². The number of hydrogen-bond acceptors (Lipinski definition) is 3. The minimum absolute atomic E-state index is 0.0153. The van der Waals surface area contributed by atoms with E-state index in [2.05, 4.69) is 16.0 Å². The average Bonchev–Trinajstić information content (AvgIpc) is 2.57. The summed E-state index contributed by atoms with van der Waals surface area (Å²) in [6, 6.07) is 12.0. The van der Waals surface area contributed by atoms with E-state index in [-0.39, 0.29) is 18.4 Å². The first-order valence-electron chi connectivity index (χ1n) is 8.22. The van der Waals surface area contributed by atoms with Gasteiger partial charge in [0.1, 0.15) is 0 Å². The summed E-state index contributed by atoms with van der Waals surface area (Å²) in [5.74, 6) is 0.0458. The van der Waals surface area contributed by atoms with Crippen molar-refractivity contribution < 1.29 is 9.59 Å². The van der Waals surface area contributed by atoms with Crippen molar-refractivity contribution in [3.8, 4) is 0 Å². The van der Waals surface area contributed by atoms with E-state index >= 15 is 0 Å². The lowest BCUT2D eigenvalue weighted by Crippen LogP contribution is -2.22. The maximum atomic E-state index is 12.0. The number of rotatable bonds is 7. The molecular weight excluding hydrogens is 373 g/mol. The van der Waals surface area contributed by atoms with Gasteiger partial charge < -0.3 is 16.0 Å². The molecule has 3 N–H and O–H groups in total. The number of carbonyl (C=O) groups is 2. The Kier molecular flexibility index (Phi) is 7.30. The zero-order valence-corrected chi connectivity index (χ0v) is 16.1. The first-order chi connectivity index (χ1) is 12.3. The zero-order chi connectivity index (χ0) is 19.1. The second-order valence-electron chi connectivity index (χ2n) is 6.25. The smallest absolute Gasteiger partial charge is 0.243 e. The van der Waals surface area contributed by atoms with E-state index in [0.29, 0.717) is 28.1 Å². The molecule has 0 aromatic heterocycles. The minimum atomic E-state index is -0.247. The fourth-order valence-electron chi connectivity index (χ4n) is 2.22. The SMILES string of the molecule is CC(C)CC(=O)Nc1ccc(NCC(=O)Nc2cc(Cl)ccc2Cl)cc1. The lowest BCUT2D eigenvalue weighted by Gasteiger charge is -2.11. The van der Waals surface area contributed by atoms with Gasteiger partial charge >= 0.3 is 0 Å². The molecule has 0 aliphatic rings. The average molecular weight is 394 g/mol. The summed E-state index contributed by atoms with van der Waals surface area (Å²) in [5.41, 5.74) is 1.95. The molecule has 0 radical (unpaired) electrons. The van der Waals surface area contributed by atoms with Gasteiger partial charge in [-0.15, -0.1) is 0 Å². The topological polar surface area (TPSA) is 70.2 Å². The van der Waals surface area contributed by atoms with Crippen LogP contribution in [0.2, 0.25) is 10.0 Å². The first kappa shape index (κ1) is 20.1. The van der Waals surface area contributed by atoms with Crippen molar-refractivity contribution >= 4 is 52.1 Å². The highest BCUT2D eigenvalue weighted by atomic mass is 35.5. The summed E-state index contributed by atoms with van der Waals surface area (Å²) in [7, 11) is 0. The molecule has 2 amide bonds. The molecule has 138 valence electrons. The van der Waals surface area contributed by atoms with Gasteiger partial charge in [0.2, 0.25) is 11.8 Å². The highest BCUT2D eigenvalue weighted by Crippen LogP contribution is 2.25. The summed E-state index contributed by atoms with van der Waals surface area (Å²) < 4.78 is 0. The van der Waals surface area contributed by atoms with Crippen molar-refractivity contribution in [2.75, 3.05) is 22.5 Å². The van der Waals surface area contributed by atoms with E-state index in [4.69, 9.17) is 23.2 Å². The summed E-state index contributed by atoms with van der Waals surface area (Å²) in [5, 5.41) is 9.46. The van der Waals surface area contributed by atoms with E-state index in [1.807, 2.05) is 13.8 Å². The number of halogens is 2. The van der Waals surface area contributed by atoms with Crippen LogP contribution in [-0.2, 0) is 9.59 Å². The van der Waals surface area contributed by atoms with E-state index in [0.717, 1.165) is 11.4 Å². The van der Waals surface area contributed by atoms with Gasteiger partial charge in [0.25, 0.3) is 0 Å². The molecule has 2 rings (SSSR count). The quantitative estimate of drug-likeness (QED) is 0.617. The van der Waals surface area contributed by atoms with Gasteiger partial charge in [-0.2, -0.15) is 0 Å². The predicted molar refractivity (Wildman–Crippen MR) is 108 cm³/mol. The van der Waals surface area contributed by atoms with Gasteiger partial charge in [0, 0.05) is 22.8 Å². The Balaban J connectivity index is 1.84. The molecule has 0 bridgehead atoms. The monoisotopic (exact) mass is 393 g/mol. The first-order valence-corrected chi connectivity index (χ1v) is 8.98. The van der Waals surface area contributed by atoms with Gasteiger partial charge in [-0.3, -0.25) is 9.59 Å². The zero-order valence-electron chi connectivity index (χ0n) is 14.6. The fraction of sp³-hybridized carbons (Fsp3) is 0.263. The largest absolute Gasteiger partial charge is 0.376 e. The number of nitrogens with one attached hydrogen (secondary N) is 3. The van der Waals surface area contributed by atoms with Crippen LogP contribution in [0.4, 0.5) is 17.1 Å². The summed E-state index contributed by atoms with van der Waals surface area (Å²) in [4.78, 5) is 23.8. The lowest BCUT2D eigenvalue weighted by molar-refractivity contribution is -0.117. The van der Waals surface area contributed by atoms with Crippen LogP contribution in [0.3, 0.4) is 0 Å². The van der Waals surface area contributed by atoms with Gasteiger partial charge in [-0.25, -0.2) is 0 Å². The van der Waals surface area contributed by atoms with Crippen LogP contribution in [0.15, 0.2) is 42.5 Å². The number of hydrogen-bond donors (Lipinski definition) is 3. The molecule has 0 saturated carbocycles. The fourth-order valence-corrected chi connectivity index (χ4v) is 2.56. The van der Waals surface area contributed by atoms with E-state index < -0.39 is 0 Å². The number of amides is 2. The van der Waals surface area contributed by atoms with Crippen molar-refractivity contribution in [3.63, 3.8) is 0 Å². The van der Waals surface area contributed by atoms with Crippen molar-refractivity contribution in [1.82, 2.24) is 0 Å². The Hall–Kier alpha value is -2.24. The standard InChI is InChI=1S/C19H21Cl2N3O2/c1-12(2)9-18(25)23-15-6-4-14(5-7-15)22-11-19(26)24-17-10-13(20)3-8-16(17)21/h3-8,10,12,22H,9,11H2,1-2H3,(H,23,25)(H,24,26). The molecule has 0 heterocycles. The molecule has 5 nitrogen and oxygen atoms in total. The van der Waals surface area contributed by atoms with E-state index in [9.17, 15) is 9.59 Å². The Labute approximate surface area is 163 Å². The van der Waals surface area contributed by atoms with Crippen LogP contribution in [0.5, 0.6) is 0 Å². The lowest BCUT2D eigenvalue weighted by atomic mass is 10.1. The van der Waals surface area contributed by atoms with Crippen LogP contribution >= 0.6 is 23.2 Å². The molecule has 2 aromatic rings. The molecule has 26 heavy (non-hydrogen) atoms. The molecule has 7 heteroatoms. The third-order valence-electron chi connectivity index (χ3n) is 3.42. The molecule has 0 aliphatic carbocycles. The molecular formula is C19H21Cl2N3O2. The Bertz CT molecular complexity index is 777. The third-order valence-corrected chi connectivity index (χ3v) is 3.98. The molecule has 2 aromatic carbocycles. The highest BCUT2D eigenvalue weighted by molar-refractivity contribution is 6.35. The number of carbonyl (C=O) groups excluding carboxylic acids is 2. The molecule has 0 fully saturated rings. The molecule has 0 atom stereocenters. The second kappa shape index (κ2) is 9.46. The maximum Gasteiger partial charge on any atom is 0.243 e. The van der Waals surface area contributed by atoms with Crippen molar-refractivity contribution in [1.29, 1.82) is 0 Å².